The molecule has 1 aromatic rings. The van der Waals surface area contributed by atoms with Gasteiger partial charge in [-0.25, -0.2) is 13.4 Å². The maximum atomic E-state index is 12.6. The van der Waals surface area contributed by atoms with Gasteiger partial charge < -0.3 is 5.73 Å². The Kier molecular flexibility index (Phi) is 5.82. The van der Waals surface area contributed by atoms with Crippen LogP contribution in [0.3, 0.4) is 0 Å². The first-order valence-corrected chi connectivity index (χ1v) is 9.65. The second kappa shape index (κ2) is 7.43. The Morgan fingerprint density at radius 3 is 2.41 bits per heavy atom. The van der Waals surface area contributed by atoms with Gasteiger partial charge in [-0.3, -0.25) is 4.79 Å². The summed E-state index contributed by atoms with van der Waals surface area (Å²) in [4.78, 5) is 15.4. The average molecular weight is 343 g/mol. The Balaban J connectivity index is 2.13. The Morgan fingerprint density at radius 2 is 1.91 bits per heavy atom. The summed E-state index contributed by atoms with van der Waals surface area (Å²) >= 11 is 1.22. The molecule has 0 unspecified atom stereocenters. The van der Waals surface area contributed by atoms with E-state index in [-0.39, 0.29) is 4.90 Å². The maximum Gasteiger partial charge on any atom is 0.244 e. The lowest BCUT2D eigenvalue weighted by atomic mass is 10.2. The zero-order valence-electron chi connectivity index (χ0n) is 12.6. The van der Waals surface area contributed by atoms with Crippen molar-refractivity contribution in [3.05, 3.63) is 18.3 Å². The fourth-order valence-electron chi connectivity index (χ4n) is 2.26. The minimum absolute atomic E-state index is 0.200. The molecule has 1 aliphatic heterocycles. The molecule has 1 aliphatic rings. The molecule has 0 spiro atoms. The van der Waals surface area contributed by atoms with Crippen molar-refractivity contribution in [2.24, 2.45) is 5.73 Å². The summed E-state index contributed by atoms with van der Waals surface area (Å²) in [7, 11) is -3.48. The lowest BCUT2D eigenvalue weighted by Gasteiger charge is -2.19. The number of nitrogens with zero attached hydrogens (tertiary/aromatic N) is 2. The molecule has 1 fully saturated rings. The van der Waals surface area contributed by atoms with Crippen LogP contribution in [0.1, 0.15) is 32.6 Å². The van der Waals surface area contributed by atoms with Crippen LogP contribution in [-0.4, -0.2) is 42.0 Å². The van der Waals surface area contributed by atoms with Crippen LogP contribution in [0.5, 0.6) is 0 Å². The van der Waals surface area contributed by atoms with Crippen molar-refractivity contribution in [2.75, 3.05) is 13.1 Å². The van der Waals surface area contributed by atoms with Gasteiger partial charge in [-0.15, -0.1) is 0 Å². The molecular formula is C14H21N3O3S2. The molecule has 2 heterocycles. The van der Waals surface area contributed by atoms with E-state index in [1.165, 1.54) is 22.3 Å². The Bertz CT molecular complexity index is 609. The molecule has 2 rings (SSSR count). The summed E-state index contributed by atoms with van der Waals surface area (Å²) in [6.45, 7) is 2.83. The molecule has 0 radical (unpaired) electrons. The number of amides is 1. The fraction of sp³-hybridized carbons (Fsp3) is 0.571. The summed E-state index contributed by atoms with van der Waals surface area (Å²) < 4.78 is 26.7. The molecule has 0 aliphatic carbocycles. The van der Waals surface area contributed by atoms with Gasteiger partial charge in [0, 0.05) is 19.3 Å². The number of thioether (sulfide) groups is 1. The number of primary amides is 1. The molecule has 0 bridgehead atoms. The molecule has 6 nitrogen and oxygen atoms in total. The predicted molar refractivity (Wildman–Crippen MR) is 86.0 cm³/mol. The second-order valence-corrected chi connectivity index (χ2v) is 8.61. The van der Waals surface area contributed by atoms with Crippen molar-refractivity contribution in [3.63, 3.8) is 0 Å². The van der Waals surface area contributed by atoms with Crippen LogP contribution in [0.15, 0.2) is 28.3 Å². The molecule has 1 aromatic heterocycles. The molecule has 122 valence electrons. The fourth-order valence-corrected chi connectivity index (χ4v) is 4.46. The molecule has 8 heteroatoms. The molecule has 22 heavy (non-hydrogen) atoms. The molecule has 1 atom stereocenters. The smallest absolute Gasteiger partial charge is 0.244 e. The average Bonchev–Trinajstić information content (AvgIpc) is 2.77. The van der Waals surface area contributed by atoms with Crippen LogP contribution < -0.4 is 5.73 Å². The van der Waals surface area contributed by atoms with E-state index in [1.54, 1.807) is 19.1 Å². The normalized spacial score (nSPS) is 18.6. The summed E-state index contributed by atoms with van der Waals surface area (Å²) in [5.41, 5.74) is 5.21. The van der Waals surface area contributed by atoms with Gasteiger partial charge in [-0.1, -0.05) is 24.6 Å². The number of carbonyl (C=O) groups excluding carboxylic acids is 1. The van der Waals surface area contributed by atoms with Crippen molar-refractivity contribution < 1.29 is 13.2 Å². The Hall–Kier alpha value is -1.12. The topological polar surface area (TPSA) is 93.4 Å². The van der Waals surface area contributed by atoms with Crippen LogP contribution >= 0.6 is 11.8 Å². The van der Waals surface area contributed by atoms with Crippen molar-refractivity contribution in [1.82, 2.24) is 9.29 Å². The number of sulfonamides is 1. The number of pyridine rings is 1. The minimum atomic E-state index is -3.48. The number of hydrogen-bond donors (Lipinski definition) is 1. The van der Waals surface area contributed by atoms with E-state index in [0.717, 1.165) is 25.7 Å². The Labute approximate surface area is 135 Å². The van der Waals surface area contributed by atoms with E-state index in [1.807, 2.05) is 0 Å². The zero-order valence-corrected chi connectivity index (χ0v) is 14.2. The van der Waals surface area contributed by atoms with Gasteiger partial charge in [0.25, 0.3) is 0 Å². The van der Waals surface area contributed by atoms with Crippen LogP contribution in [0, 0.1) is 0 Å². The van der Waals surface area contributed by atoms with Gasteiger partial charge in [0.1, 0.15) is 4.90 Å². The van der Waals surface area contributed by atoms with Crippen LogP contribution in [0.4, 0.5) is 0 Å². The highest BCUT2D eigenvalue weighted by atomic mass is 32.2. The van der Waals surface area contributed by atoms with Crippen LogP contribution in [0.2, 0.25) is 0 Å². The summed E-state index contributed by atoms with van der Waals surface area (Å²) in [5, 5.41) is 0.182. The first-order valence-electron chi connectivity index (χ1n) is 7.33. The van der Waals surface area contributed by atoms with Crippen LogP contribution in [0.25, 0.3) is 0 Å². The SMILES string of the molecule is C[C@@H](Sc1ccc(S(=O)(=O)N2CCCCCC2)cn1)C(N)=O. The summed E-state index contributed by atoms with van der Waals surface area (Å²) in [6.07, 6.45) is 5.30. The van der Waals surface area contributed by atoms with E-state index in [2.05, 4.69) is 4.98 Å². The van der Waals surface area contributed by atoms with Crippen molar-refractivity contribution in [2.45, 2.75) is 47.8 Å². The Morgan fingerprint density at radius 1 is 1.27 bits per heavy atom. The predicted octanol–water partition coefficient (Wildman–Crippen LogP) is 1.61. The van der Waals surface area contributed by atoms with E-state index in [0.29, 0.717) is 18.1 Å². The molecule has 0 aromatic carbocycles. The lowest BCUT2D eigenvalue weighted by molar-refractivity contribution is -0.117. The second-order valence-electron chi connectivity index (χ2n) is 5.31. The molecule has 1 saturated heterocycles. The van der Waals surface area contributed by atoms with Crippen molar-refractivity contribution in [1.29, 1.82) is 0 Å². The molecular weight excluding hydrogens is 322 g/mol. The third-order valence-corrected chi connectivity index (χ3v) is 6.56. The van der Waals surface area contributed by atoms with Gasteiger partial charge in [0.15, 0.2) is 0 Å². The largest absolute Gasteiger partial charge is 0.369 e. The van der Waals surface area contributed by atoms with Crippen LogP contribution in [-0.2, 0) is 14.8 Å². The summed E-state index contributed by atoms with van der Waals surface area (Å²) in [6, 6.07) is 3.16. The van der Waals surface area contributed by atoms with Gasteiger partial charge in [-0.2, -0.15) is 4.31 Å². The number of carbonyl (C=O) groups is 1. The van der Waals surface area contributed by atoms with Gasteiger partial charge in [-0.05, 0) is 31.9 Å². The third kappa shape index (κ3) is 4.21. The van der Waals surface area contributed by atoms with Gasteiger partial charge in [0.05, 0.1) is 10.3 Å². The van der Waals surface area contributed by atoms with E-state index < -0.39 is 21.2 Å². The summed E-state index contributed by atoms with van der Waals surface area (Å²) in [5.74, 6) is -0.423. The quantitative estimate of drug-likeness (QED) is 0.820. The molecule has 2 N–H and O–H groups in total. The lowest BCUT2D eigenvalue weighted by Crippen LogP contribution is -2.32. The minimum Gasteiger partial charge on any atom is -0.369 e. The highest BCUT2D eigenvalue weighted by Crippen LogP contribution is 2.24. The number of aromatic nitrogens is 1. The maximum absolute atomic E-state index is 12.6. The third-order valence-electron chi connectivity index (χ3n) is 3.61. The van der Waals surface area contributed by atoms with Crippen molar-refractivity contribution >= 4 is 27.7 Å². The molecule has 1 amide bonds. The van der Waals surface area contributed by atoms with E-state index >= 15 is 0 Å². The first kappa shape index (κ1) is 17.2. The molecule has 0 saturated carbocycles. The number of nitrogens with two attached hydrogens (primary N) is 1. The van der Waals surface area contributed by atoms with E-state index in [9.17, 15) is 13.2 Å². The van der Waals surface area contributed by atoms with Gasteiger partial charge in [0.2, 0.25) is 15.9 Å². The van der Waals surface area contributed by atoms with E-state index in [4.69, 9.17) is 5.73 Å². The van der Waals surface area contributed by atoms with Crippen molar-refractivity contribution in [3.8, 4) is 0 Å². The number of rotatable bonds is 5. The first-order chi connectivity index (χ1) is 10.4. The highest BCUT2D eigenvalue weighted by molar-refractivity contribution is 8.00. The highest BCUT2D eigenvalue weighted by Gasteiger charge is 2.25. The monoisotopic (exact) mass is 343 g/mol. The van der Waals surface area contributed by atoms with Gasteiger partial charge >= 0.3 is 0 Å². The number of hydrogen-bond acceptors (Lipinski definition) is 5. The standard InChI is InChI=1S/C14H21N3O3S2/c1-11(14(15)18)21-13-7-6-12(10-16-13)22(19,20)17-8-4-2-3-5-9-17/h6-7,10-11H,2-5,8-9H2,1H3,(H2,15,18)/t11-/m1/s1. The zero-order chi connectivity index (χ0) is 16.2.